The topological polar surface area (TPSA) is 74.6 Å². The molecule has 0 aromatic heterocycles. The second-order valence-electron chi connectivity index (χ2n) is 4.55. The second kappa shape index (κ2) is 2.97. The van der Waals surface area contributed by atoms with E-state index in [4.69, 9.17) is 10.2 Å². The Morgan fingerprint density at radius 1 is 1.00 bits per heavy atom. The normalized spacial score (nSPS) is 26.3. The van der Waals surface area contributed by atoms with E-state index in [1.54, 1.807) is 0 Å². The summed E-state index contributed by atoms with van der Waals surface area (Å²) in [4.78, 5) is 21.7. The van der Waals surface area contributed by atoms with Gasteiger partial charge in [0.05, 0.1) is 0 Å². The average molecular weight is 198 g/mol. The molecule has 0 amide bonds. The van der Waals surface area contributed by atoms with E-state index in [0.717, 1.165) is 12.8 Å². The minimum absolute atomic E-state index is 0.336. The fraction of sp³-hybridized carbons (Fsp3) is 0.800. The van der Waals surface area contributed by atoms with E-state index in [1.165, 1.54) is 6.42 Å². The largest absolute Gasteiger partial charge is 0.480 e. The van der Waals surface area contributed by atoms with Crippen molar-refractivity contribution in [2.45, 2.75) is 32.1 Å². The summed E-state index contributed by atoms with van der Waals surface area (Å²) in [6, 6.07) is 0. The van der Waals surface area contributed by atoms with Crippen LogP contribution in [-0.4, -0.2) is 22.2 Å². The van der Waals surface area contributed by atoms with Crippen LogP contribution in [0.5, 0.6) is 0 Å². The van der Waals surface area contributed by atoms with Crippen LogP contribution in [-0.2, 0) is 9.59 Å². The van der Waals surface area contributed by atoms with Crippen LogP contribution >= 0.6 is 0 Å². The number of aliphatic carboxylic acids is 2. The van der Waals surface area contributed by atoms with Crippen LogP contribution in [0.4, 0.5) is 0 Å². The van der Waals surface area contributed by atoms with E-state index in [-0.39, 0.29) is 0 Å². The number of carboxylic acid groups (broad SMARTS) is 2. The van der Waals surface area contributed by atoms with E-state index < -0.39 is 17.4 Å². The first-order valence-electron chi connectivity index (χ1n) is 5.03. The highest BCUT2D eigenvalue weighted by atomic mass is 16.4. The van der Waals surface area contributed by atoms with Gasteiger partial charge in [-0.15, -0.1) is 0 Å². The third-order valence-electron chi connectivity index (χ3n) is 3.86. The molecular weight excluding hydrogens is 184 g/mol. The summed E-state index contributed by atoms with van der Waals surface area (Å²) in [5, 5.41) is 17.7. The molecule has 4 nitrogen and oxygen atoms in total. The van der Waals surface area contributed by atoms with Crippen molar-refractivity contribution in [1.29, 1.82) is 0 Å². The molecule has 0 atom stereocenters. The molecule has 14 heavy (non-hydrogen) atoms. The van der Waals surface area contributed by atoms with Gasteiger partial charge in [-0.3, -0.25) is 9.59 Å². The highest BCUT2D eigenvalue weighted by Crippen LogP contribution is 2.53. The van der Waals surface area contributed by atoms with E-state index in [0.29, 0.717) is 24.7 Å². The van der Waals surface area contributed by atoms with Gasteiger partial charge in [0.2, 0.25) is 0 Å². The minimum Gasteiger partial charge on any atom is -0.480 e. The van der Waals surface area contributed by atoms with E-state index >= 15 is 0 Å². The molecule has 2 aliphatic carbocycles. The highest BCUT2D eigenvalue weighted by molar-refractivity contribution is 5.99. The van der Waals surface area contributed by atoms with Crippen molar-refractivity contribution < 1.29 is 19.8 Å². The Hall–Kier alpha value is -1.06. The molecule has 0 radical (unpaired) electrons. The zero-order valence-electron chi connectivity index (χ0n) is 7.90. The lowest BCUT2D eigenvalue weighted by Gasteiger charge is -2.47. The molecule has 2 fully saturated rings. The van der Waals surface area contributed by atoms with E-state index in [1.807, 2.05) is 0 Å². The summed E-state index contributed by atoms with van der Waals surface area (Å²) >= 11 is 0. The number of rotatable bonds is 3. The third-order valence-corrected chi connectivity index (χ3v) is 3.86. The van der Waals surface area contributed by atoms with E-state index in [2.05, 4.69) is 0 Å². The Morgan fingerprint density at radius 2 is 1.50 bits per heavy atom. The number of hydrogen-bond donors (Lipinski definition) is 2. The Morgan fingerprint density at radius 3 is 1.79 bits per heavy atom. The minimum atomic E-state index is -1.46. The van der Waals surface area contributed by atoms with Crippen LogP contribution in [0.1, 0.15) is 32.1 Å². The number of carboxylic acids is 2. The van der Waals surface area contributed by atoms with Crippen LogP contribution in [0.3, 0.4) is 0 Å². The summed E-state index contributed by atoms with van der Waals surface area (Å²) in [6.07, 6.45) is 4.19. The SMILES string of the molecule is O=C(O)C1(C(=O)O)CC(C2CCC2)C1. The lowest BCUT2D eigenvalue weighted by molar-refractivity contribution is -0.178. The van der Waals surface area contributed by atoms with Crippen molar-refractivity contribution in [3.8, 4) is 0 Å². The molecule has 0 aromatic carbocycles. The molecule has 2 saturated carbocycles. The van der Waals surface area contributed by atoms with Crippen molar-refractivity contribution in [1.82, 2.24) is 0 Å². The lowest BCUT2D eigenvalue weighted by Crippen LogP contribution is -2.52. The molecule has 2 rings (SSSR count). The van der Waals surface area contributed by atoms with Crippen LogP contribution in [0.2, 0.25) is 0 Å². The number of carbonyl (C=O) groups is 2. The molecule has 0 aliphatic heterocycles. The van der Waals surface area contributed by atoms with Crippen LogP contribution in [0.25, 0.3) is 0 Å². The van der Waals surface area contributed by atoms with Crippen LogP contribution < -0.4 is 0 Å². The van der Waals surface area contributed by atoms with Crippen molar-refractivity contribution in [2.24, 2.45) is 17.3 Å². The first kappa shape index (κ1) is 9.49. The summed E-state index contributed by atoms with van der Waals surface area (Å²) < 4.78 is 0. The van der Waals surface area contributed by atoms with Crippen molar-refractivity contribution >= 4 is 11.9 Å². The smallest absolute Gasteiger partial charge is 0.321 e. The predicted octanol–water partition coefficient (Wildman–Crippen LogP) is 1.35. The Labute approximate surface area is 81.9 Å². The molecule has 0 unspecified atom stereocenters. The molecule has 0 saturated heterocycles. The quantitative estimate of drug-likeness (QED) is 0.671. The maximum Gasteiger partial charge on any atom is 0.321 e. The fourth-order valence-electron chi connectivity index (χ4n) is 2.52. The van der Waals surface area contributed by atoms with Gasteiger partial charge in [-0.05, 0) is 24.7 Å². The average Bonchev–Trinajstić information content (AvgIpc) is 1.89. The van der Waals surface area contributed by atoms with Gasteiger partial charge in [0.1, 0.15) is 0 Å². The van der Waals surface area contributed by atoms with Gasteiger partial charge < -0.3 is 10.2 Å². The van der Waals surface area contributed by atoms with Gasteiger partial charge in [0.25, 0.3) is 0 Å². The van der Waals surface area contributed by atoms with Crippen LogP contribution in [0.15, 0.2) is 0 Å². The zero-order chi connectivity index (χ0) is 10.3. The molecule has 78 valence electrons. The molecule has 4 heteroatoms. The summed E-state index contributed by atoms with van der Waals surface area (Å²) in [6.45, 7) is 0. The first-order valence-corrected chi connectivity index (χ1v) is 5.03. The molecule has 0 spiro atoms. The maximum absolute atomic E-state index is 10.8. The number of hydrogen-bond acceptors (Lipinski definition) is 2. The van der Waals surface area contributed by atoms with Crippen molar-refractivity contribution in [2.75, 3.05) is 0 Å². The predicted molar refractivity (Wildman–Crippen MR) is 47.8 cm³/mol. The first-order chi connectivity index (χ1) is 6.56. The second-order valence-corrected chi connectivity index (χ2v) is 4.55. The fourth-order valence-corrected chi connectivity index (χ4v) is 2.52. The summed E-state index contributed by atoms with van der Waals surface area (Å²) in [7, 11) is 0. The van der Waals surface area contributed by atoms with Crippen molar-refractivity contribution in [3.05, 3.63) is 0 Å². The molecule has 0 heterocycles. The third kappa shape index (κ3) is 1.13. The molecule has 0 bridgehead atoms. The molecule has 2 N–H and O–H groups in total. The Balaban J connectivity index is 1.99. The standard InChI is InChI=1S/C10H14O4/c11-8(12)10(9(13)14)4-7(5-10)6-2-1-3-6/h6-7H,1-5H2,(H,11,12)(H,13,14). The van der Waals surface area contributed by atoms with E-state index in [9.17, 15) is 9.59 Å². The zero-order valence-corrected chi connectivity index (χ0v) is 7.90. The van der Waals surface area contributed by atoms with Crippen molar-refractivity contribution in [3.63, 3.8) is 0 Å². The van der Waals surface area contributed by atoms with Gasteiger partial charge in [-0.2, -0.15) is 0 Å². The van der Waals surface area contributed by atoms with Crippen LogP contribution in [0, 0.1) is 17.3 Å². The van der Waals surface area contributed by atoms with Gasteiger partial charge in [0.15, 0.2) is 5.41 Å². The Bertz CT molecular complexity index is 258. The highest BCUT2D eigenvalue weighted by Gasteiger charge is 2.58. The monoisotopic (exact) mass is 198 g/mol. The molecular formula is C10H14O4. The molecule has 0 aromatic rings. The summed E-state index contributed by atoms with van der Waals surface area (Å²) in [5.41, 5.74) is -1.46. The summed E-state index contributed by atoms with van der Waals surface area (Å²) in [5.74, 6) is -1.39. The molecule has 2 aliphatic rings. The van der Waals surface area contributed by atoms with Gasteiger partial charge in [-0.1, -0.05) is 19.3 Å². The van der Waals surface area contributed by atoms with Gasteiger partial charge >= 0.3 is 11.9 Å². The lowest BCUT2D eigenvalue weighted by atomic mass is 9.55. The van der Waals surface area contributed by atoms with Gasteiger partial charge in [0, 0.05) is 0 Å². The maximum atomic E-state index is 10.8. The Kier molecular flexibility index (Phi) is 2.01. The van der Waals surface area contributed by atoms with Gasteiger partial charge in [-0.25, -0.2) is 0 Å².